The molecule has 0 bridgehead atoms. The van der Waals surface area contributed by atoms with E-state index in [1.54, 1.807) is 10.7 Å². The van der Waals surface area contributed by atoms with E-state index in [0.717, 1.165) is 41.9 Å². The van der Waals surface area contributed by atoms with E-state index in [4.69, 9.17) is 11.6 Å². The van der Waals surface area contributed by atoms with Gasteiger partial charge in [0.15, 0.2) is 0 Å². The van der Waals surface area contributed by atoms with Crippen LogP contribution in [0.15, 0.2) is 59.5 Å². The van der Waals surface area contributed by atoms with Crippen molar-refractivity contribution >= 4 is 28.4 Å². The smallest absolute Gasteiger partial charge is 0.224 e. The van der Waals surface area contributed by atoms with Gasteiger partial charge in [-0.05, 0) is 43.0 Å². The molecule has 1 atom stereocenters. The van der Waals surface area contributed by atoms with Crippen LogP contribution in [0.5, 0.6) is 0 Å². The normalized spacial score (nSPS) is 16.6. The highest BCUT2D eigenvalue weighted by Crippen LogP contribution is 2.25. The lowest BCUT2D eigenvalue weighted by molar-refractivity contribution is -0.132. The summed E-state index contributed by atoms with van der Waals surface area (Å²) in [5.41, 5.74) is 1.75. The predicted molar refractivity (Wildman–Crippen MR) is 111 cm³/mol. The van der Waals surface area contributed by atoms with E-state index in [1.807, 2.05) is 47.4 Å². The van der Waals surface area contributed by atoms with Gasteiger partial charge >= 0.3 is 0 Å². The summed E-state index contributed by atoms with van der Waals surface area (Å²) in [7, 11) is 0. The van der Waals surface area contributed by atoms with E-state index in [0.29, 0.717) is 18.4 Å². The Morgan fingerprint density at radius 3 is 2.79 bits per heavy atom. The van der Waals surface area contributed by atoms with Crippen LogP contribution in [0.25, 0.3) is 10.9 Å². The lowest BCUT2D eigenvalue weighted by Gasteiger charge is -2.25. The van der Waals surface area contributed by atoms with Crippen molar-refractivity contribution < 1.29 is 4.79 Å². The lowest BCUT2D eigenvalue weighted by atomic mass is 10.0. The van der Waals surface area contributed by atoms with E-state index in [2.05, 4.69) is 5.10 Å². The number of hydrogen-bond acceptors (Lipinski definition) is 3. The van der Waals surface area contributed by atoms with Crippen molar-refractivity contribution in [1.82, 2.24) is 14.7 Å². The molecule has 1 aliphatic heterocycles. The summed E-state index contributed by atoms with van der Waals surface area (Å²) in [6.45, 7) is 1.24. The van der Waals surface area contributed by atoms with Gasteiger partial charge in [0.25, 0.3) is 0 Å². The molecule has 1 aliphatic rings. The van der Waals surface area contributed by atoms with Gasteiger partial charge < -0.3 is 4.90 Å². The molecule has 6 heteroatoms. The number of carbonyl (C=O) groups is 1. The summed E-state index contributed by atoms with van der Waals surface area (Å²) in [6.07, 6.45) is 4.47. The molecular weight excluding hydrogens is 374 g/mol. The first kappa shape index (κ1) is 18.7. The second-order valence-corrected chi connectivity index (χ2v) is 7.59. The summed E-state index contributed by atoms with van der Waals surface area (Å²) in [5, 5.41) is 5.60. The number of carbonyl (C=O) groups excluding carboxylic acids is 1. The number of benzene rings is 2. The second kappa shape index (κ2) is 8.15. The van der Waals surface area contributed by atoms with Gasteiger partial charge in [0.2, 0.25) is 11.3 Å². The molecule has 144 valence electrons. The highest BCUT2D eigenvalue weighted by molar-refractivity contribution is 6.31. The molecule has 5 nitrogen and oxygen atoms in total. The van der Waals surface area contributed by atoms with Crippen LogP contribution in [0.2, 0.25) is 5.02 Å². The first-order valence-electron chi connectivity index (χ1n) is 9.61. The Bertz CT molecular complexity index is 1060. The van der Waals surface area contributed by atoms with Crippen molar-refractivity contribution in [1.29, 1.82) is 0 Å². The number of rotatable bonds is 5. The Labute approximate surface area is 168 Å². The van der Waals surface area contributed by atoms with Crippen LogP contribution < -0.4 is 5.43 Å². The van der Waals surface area contributed by atoms with Crippen LogP contribution in [0.4, 0.5) is 0 Å². The maximum absolute atomic E-state index is 12.9. The topological polar surface area (TPSA) is 55.2 Å². The van der Waals surface area contributed by atoms with Crippen LogP contribution in [0.1, 0.15) is 24.8 Å². The van der Waals surface area contributed by atoms with Crippen molar-refractivity contribution in [3.8, 4) is 0 Å². The maximum Gasteiger partial charge on any atom is 0.224 e. The number of amides is 1. The lowest BCUT2D eigenvalue weighted by Crippen LogP contribution is -2.37. The molecule has 1 saturated heterocycles. The van der Waals surface area contributed by atoms with Crippen molar-refractivity contribution in [3.05, 3.63) is 75.5 Å². The first-order chi connectivity index (χ1) is 13.6. The van der Waals surface area contributed by atoms with Gasteiger partial charge in [0.1, 0.15) is 0 Å². The van der Waals surface area contributed by atoms with Gasteiger partial charge in [-0.25, -0.2) is 0 Å². The molecule has 0 saturated carbocycles. The monoisotopic (exact) mass is 395 g/mol. The standard InChI is InChI=1S/C22H22ClN3O2/c23-19-9-3-1-6-16(19)14-17-7-5-12-25(17)22(28)11-13-26-20-10-4-2-8-18(20)21(27)15-24-26/h1-4,6,8-10,15,17H,5,7,11-14H2. The zero-order chi connectivity index (χ0) is 19.5. The number of aryl methyl sites for hydroxylation is 1. The molecule has 4 rings (SSSR count). The van der Waals surface area contributed by atoms with Crippen LogP contribution in [-0.4, -0.2) is 33.2 Å². The average molecular weight is 396 g/mol. The van der Waals surface area contributed by atoms with E-state index in [-0.39, 0.29) is 17.4 Å². The number of nitrogens with zero attached hydrogens (tertiary/aromatic N) is 3. The fourth-order valence-corrected chi connectivity index (χ4v) is 4.19. The van der Waals surface area contributed by atoms with E-state index in [1.165, 1.54) is 6.20 Å². The van der Waals surface area contributed by atoms with Gasteiger partial charge in [-0.1, -0.05) is 41.9 Å². The summed E-state index contributed by atoms with van der Waals surface area (Å²) in [6, 6.07) is 15.4. The number of para-hydroxylation sites is 1. The van der Waals surface area contributed by atoms with Crippen LogP contribution >= 0.6 is 11.6 Å². The van der Waals surface area contributed by atoms with Gasteiger partial charge in [0.05, 0.1) is 18.3 Å². The fourth-order valence-electron chi connectivity index (χ4n) is 3.98. The molecule has 0 aliphatic carbocycles. The van der Waals surface area contributed by atoms with Crippen LogP contribution in [0, 0.1) is 0 Å². The minimum atomic E-state index is -0.0995. The minimum absolute atomic E-state index is 0.0995. The largest absolute Gasteiger partial charge is 0.339 e. The third-order valence-electron chi connectivity index (χ3n) is 5.41. The van der Waals surface area contributed by atoms with E-state index < -0.39 is 0 Å². The number of hydrogen-bond donors (Lipinski definition) is 0. The van der Waals surface area contributed by atoms with Gasteiger partial charge in [-0.2, -0.15) is 5.10 Å². The molecule has 28 heavy (non-hydrogen) atoms. The van der Waals surface area contributed by atoms with E-state index in [9.17, 15) is 9.59 Å². The van der Waals surface area contributed by atoms with Crippen molar-refractivity contribution in [2.75, 3.05) is 6.54 Å². The second-order valence-electron chi connectivity index (χ2n) is 7.18. The Morgan fingerprint density at radius 2 is 1.93 bits per heavy atom. The summed E-state index contributed by atoms with van der Waals surface area (Å²) < 4.78 is 1.74. The number of aromatic nitrogens is 2. The number of halogens is 1. The van der Waals surface area contributed by atoms with Crippen LogP contribution in [0.3, 0.4) is 0 Å². The molecule has 0 spiro atoms. The predicted octanol–water partition coefficient (Wildman–Crippen LogP) is 3.67. The fraction of sp³-hybridized carbons (Fsp3) is 0.318. The molecule has 0 N–H and O–H groups in total. The molecule has 1 amide bonds. The maximum atomic E-state index is 12.9. The highest BCUT2D eigenvalue weighted by Gasteiger charge is 2.29. The zero-order valence-corrected chi connectivity index (χ0v) is 16.3. The van der Waals surface area contributed by atoms with E-state index >= 15 is 0 Å². The van der Waals surface area contributed by atoms with Crippen molar-refractivity contribution in [3.63, 3.8) is 0 Å². The summed E-state index contributed by atoms with van der Waals surface area (Å²) in [4.78, 5) is 26.8. The SMILES string of the molecule is O=C(CCn1ncc(=O)c2ccccc21)N1CCCC1Cc1ccccc1Cl. The molecule has 2 aromatic carbocycles. The molecule has 3 aromatic rings. The molecule has 0 radical (unpaired) electrons. The Hall–Kier alpha value is -2.66. The Morgan fingerprint density at radius 1 is 1.14 bits per heavy atom. The van der Waals surface area contributed by atoms with Gasteiger partial charge in [-0.15, -0.1) is 0 Å². The quantitative estimate of drug-likeness (QED) is 0.662. The Kier molecular flexibility index (Phi) is 5.44. The van der Waals surface area contributed by atoms with Crippen LogP contribution in [-0.2, 0) is 17.8 Å². The Balaban J connectivity index is 1.46. The van der Waals surface area contributed by atoms with Gasteiger partial charge in [0, 0.05) is 29.4 Å². The zero-order valence-electron chi connectivity index (χ0n) is 15.6. The highest BCUT2D eigenvalue weighted by atomic mass is 35.5. The van der Waals surface area contributed by atoms with Crippen molar-refractivity contribution in [2.24, 2.45) is 0 Å². The molecular formula is C22H22ClN3O2. The molecule has 1 fully saturated rings. The summed E-state index contributed by atoms with van der Waals surface area (Å²) >= 11 is 6.30. The third-order valence-corrected chi connectivity index (χ3v) is 5.78. The molecule has 1 aromatic heterocycles. The third kappa shape index (κ3) is 3.80. The molecule has 1 unspecified atom stereocenters. The average Bonchev–Trinajstić information content (AvgIpc) is 3.17. The minimum Gasteiger partial charge on any atom is -0.339 e. The summed E-state index contributed by atoms with van der Waals surface area (Å²) in [5.74, 6) is 0.124. The number of fused-ring (bicyclic) bond motifs is 1. The molecule has 2 heterocycles. The number of likely N-dealkylation sites (tertiary alicyclic amines) is 1. The van der Waals surface area contributed by atoms with Gasteiger partial charge in [-0.3, -0.25) is 14.3 Å². The first-order valence-corrected chi connectivity index (χ1v) is 9.99. The van der Waals surface area contributed by atoms with Crippen molar-refractivity contribution in [2.45, 2.75) is 38.3 Å².